The minimum Gasteiger partial charge on any atom is -0.286 e. The zero-order valence-electron chi connectivity index (χ0n) is 11.2. The molecule has 0 aromatic carbocycles. The minimum atomic E-state index is -0.116. The van der Waals surface area contributed by atoms with Crippen molar-refractivity contribution >= 4 is 0 Å². The summed E-state index contributed by atoms with van der Waals surface area (Å²) in [6.07, 6.45) is 11.3. The third kappa shape index (κ3) is 3.01. The summed E-state index contributed by atoms with van der Waals surface area (Å²) in [5.41, 5.74) is -0.116. The SMILES string of the molecule is CC1CCCC(C#N)(N2CCCCCC2)CC1. The maximum absolute atomic E-state index is 9.71. The molecular weight excluding hydrogens is 208 g/mol. The Kier molecular flexibility index (Phi) is 4.45. The lowest BCUT2D eigenvalue weighted by Crippen LogP contribution is -2.47. The summed E-state index contributed by atoms with van der Waals surface area (Å²) in [6.45, 7) is 4.65. The number of likely N-dealkylation sites (tertiary alicyclic amines) is 1. The molecule has 1 aliphatic heterocycles. The number of rotatable bonds is 1. The van der Waals surface area contributed by atoms with Gasteiger partial charge >= 0.3 is 0 Å². The van der Waals surface area contributed by atoms with Gasteiger partial charge in [0.25, 0.3) is 0 Å². The Morgan fingerprint density at radius 2 is 1.71 bits per heavy atom. The second-order valence-corrected chi connectivity index (χ2v) is 6.08. The van der Waals surface area contributed by atoms with Crippen LogP contribution in [0.2, 0.25) is 0 Å². The van der Waals surface area contributed by atoms with Gasteiger partial charge in [0.15, 0.2) is 0 Å². The quantitative estimate of drug-likeness (QED) is 0.646. The average Bonchev–Trinajstić information content (AvgIpc) is 2.70. The summed E-state index contributed by atoms with van der Waals surface area (Å²) in [5.74, 6) is 0.817. The van der Waals surface area contributed by atoms with E-state index in [2.05, 4.69) is 17.9 Å². The van der Waals surface area contributed by atoms with Gasteiger partial charge in [0, 0.05) is 0 Å². The van der Waals surface area contributed by atoms with Crippen molar-refractivity contribution in [2.75, 3.05) is 13.1 Å². The van der Waals surface area contributed by atoms with Gasteiger partial charge < -0.3 is 0 Å². The van der Waals surface area contributed by atoms with E-state index in [1.165, 1.54) is 44.9 Å². The highest BCUT2D eigenvalue weighted by molar-refractivity contribution is 5.09. The topological polar surface area (TPSA) is 27.0 Å². The Labute approximate surface area is 106 Å². The van der Waals surface area contributed by atoms with E-state index in [0.29, 0.717) is 0 Å². The van der Waals surface area contributed by atoms with Crippen molar-refractivity contribution in [3.8, 4) is 6.07 Å². The van der Waals surface area contributed by atoms with E-state index in [1.807, 2.05) is 0 Å². The van der Waals surface area contributed by atoms with Crippen LogP contribution in [-0.4, -0.2) is 23.5 Å². The fourth-order valence-corrected chi connectivity index (χ4v) is 3.49. The number of nitrogens with zero attached hydrogens (tertiary/aromatic N) is 2. The minimum absolute atomic E-state index is 0.116. The normalized spacial score (nSPS) is 36.8. The zero-order valence-corrected chi connectivity index (χ0v) is 11.2. The first-order chi connectivity index (χ1) is 8.27. The molecule has 2 atom stereocenters. The second-order valence-electron chi connectivity index (χ2n) is 6.08. The number of nitriles is 1. The summed E-state index contributed by atoms with van der Waals surface area (Å²) >= 11 is 0. The summed E-state index contributed by atoms with van der Waals surface area (Å²) in [7, 11) is 0. The van der Waals surface area contributed by atoms with Crippen molar-refractivity contribution in [3.63, 3.8) is 0 Å². The molecule has 0 N–H and O–H groups in total. The molecule has 0 aromatic heterocycles. The number of hydrogen-bond donors (Lipinski definition) is 0. The lowest BCUT2D eigenvalue weighted by atomic mass is 9.89. The molecule has 1 aliphatic carbocycles. The van der Waals surface area contributed by atoms with Crippen LogP contribution < -0.4 is 0 Å². The van der Waals surface area contributed by atoms with Gasteiger partial charge in [-0.25, -0.2) is 0 Å². The lowest BCUT2D eigenvalue weighted by molar-refractivity contribution is 0.124. The first-order valence-electron chi connectivity index (χ1n) is 7.43. The van der Waals surface area contributed by atoms with Crippen molar-refractivity contribution in [2.45, 2.75) is 70.3 Å². The van der Waals surface area contributed by atoms with Crippen LogP contribution in [0.15, 0.2) is 0 Å². The summed E-state index contributed by atoms with van der Waals surface area (Å²) < 4.78 is 0. The van der Waals surface area contributed by atoms with Gasteiger partial charge in [-0.1, -0.05) is 32.6 Å². The molecule has 2 unspecified atom stereocenters. The van der Waals surface area contributed by atoms with Crippen LogP contribution in [0.25, 0.3) is 0 Å². The largest absolute Gasteiger partial charge is 0.286 e. The summed E-state index contributed by atoms with van der Waals surface area (Å²) in [6, 6.07) is 2.70. The van der Waals surface area contributed by atoms with Gasteiger partial charge in [0.1, 0.15) is 5.54 Å². The molecule has 0 bridgehead atoms. The molecule has 2 fully saturated rings. The van der Waals surface area contributed by atoms with Crippen LogP contribution >= 0.6 is 0 Å². The molecule has 96 valence electrons. The fraction of sp³-hybridized carbons (Fsp3) is 0.933. The van der Waals surface area contributed by atoms with Crippen LogP contribution in [0, 0.1) is 17.2 Å². The Morgan fingerprint density at radius 3 is 2.35 bits per heavy atom. The highest BCUT2D eigenvalue weighted by atomic mass is 15.2. The molecule has 0 amide bonds. The summed E-state index contributed by atoms with van der Waals surface area (Å²) in [5, 5.41) is 9.71. The third-order valence-electron chi connectivity index (χ3n) is 4.76. The van der Waals surface area contributed by atoms with Crippen molar-refractivity contribution in [1.82, 2.24) is 4.90 Å². The van der Waals surface area contributed by atoms with E-state index >= 15 is 0 Å². The van der Waals surface area contributed by atoms with E-state index in [0.717, 1.165) is 31.8 Å². The smallest absolute Gasteiger partial charge is 0.109 e. The monoisotopic (exact) mass is 234 g/mol. The highest BCUT2D eigenvalue weighted by Gasteiger charge is 2.38. The van der Waals surface area contributed by atoms with Crippen molar-refractivity contribution in [2.24, 2.45) is 5.92 Å². The Balaban J connectivity index is 2.08. The van der Waals surface area contributed by atoms with E-state index in [4.69, 9.17) is 0 Å². The second kappa shape index (κ2) is 5.87. The average molecular weight is 234 g/mol. The van der Waals surface area contributed by atoms with E-state index < -0.39 is 0 Å². The Bertz CT molecular complexity index is 273. The van der Waals surface area contributed by atoms with Gasteiger partial charge in [-0.15, -0.1) is 0 Å². The van der Waals surface area contributed by atoms with Crippen molar-refractivity contribution in [3.05, 3.63) is 0 Å². The van der Waals surface area contributed by atoms with Crippen LogP contribution in [0.4, 0.5) is 0 Å². The Hall–Kier alpha value is -0.550. The fourth-order valence-electron chi connectivity index (χ4n) is 3.49. The third-order valence-corrected chi connectivity index (χ3v) is 4.76. The maximum Gasteiger partial charge on any atom is 0.109 e. The van der Waals surface area contributed by atoms with E-state index in [-0.39, 0.29) is 5.54 Å². The lowest BCUT2D eigenvalue weighted by Gasteiger charge is -2.37. The van der Waals surface area contributed by atoms with Gasteiger partial charge in [0.2, 0.25) is 0 Å². The maximum atomic E-state index is 9.71. The van der Waals surface area contributed by atoms with Gasteiger partial charge in [-0.3, -0.25) is 4.90 Å². The van der Waals surface area contributed by atoms with Crippen molar-refractivity contribution in [1.29, 1.82) is 5.26 Å². The molecule has 0 aromatic rings. The number of hydrogen-bond acceptors (Lipinski definition) is 2. The molecule has 1 saturated heterocycles. The summed E-state index contributed by atoms with van der Waals surface area (Å²) in [4.78, 5) is 2.53. The molecule has 0 spiro atoms. The predicted octanol–water partition coefficient (Wildman–Crippen LogP) is 3.72. The van der Waals surface area contributed by atoms with Crippen LogP contribution in [0.3, 0.4) is 0 Å². The van der Waals surface area contributed by atoms with Crippen LogP contribution in [-0.2, 0) is 0 Å². The highest BCUT2D eigenvalue weighted by Crippen LogP contribution is 2.35. The molecule has 2 aliphatic rings. The molecule has 17 heavy (non-hydrogen) atoms. The van der Waals surface area contributed by atoms with Gasteiger partial charge in [-0.2, -0.15) is 5.26 Å². The molecule has 2 heteroatoms. The molecule has 2 nitrogen and oxygen atoms in total. The van der Waals surface area contributed by atoms with Crippen LogP contribution in [0.5, 0.6) is 0 Å². The standard InChI is InChI=1S/C15H26N2/c1-14-7-6-9-15(13-16,10-8-14)17-11-4-2-3-5-12-17/h14H,2-12H2,1H3. The van der Waals surface area contributed by atoms with Gasteiger partial charge in [0.05, 0.1) is 6.07 Å². The molecule has 0 radical (unpaired) electrons. The zero-order chi connectivity index (χ0) is 12.1. The molecular formula is C15H26N2. The Morgan fingerprint density at radius 1 is 1.00 bits per heavy atom. The molecule has 1 heterocycles. The van der Waals surface area contributed by atoms with Crippen molar-refractivity contribution < 1.29 is 0 Å². The first kappa shape index (κ1) is 12.9. The van der Waals surface area contributed by atoms with E-state index in [9.17, 15) is 5.26 Å². The predicted molar refractivity (Wildman–Crippen MR) is 70.6 cm³/mol. The van der Waals surface area contributed by atoms with Crippen LogP contribution in [0.1, 0.15) is 64.7 Å². The molecule has 1 saturated carbocycles. The molecule has 2 rings (SSSR count). The van der Waals surface area contributed by atoms with Gasteiger partial charge in [-0.05, 0) is 51.1 Å². The van der Waals surface area contributed by atoms with E-state index in [1.54, 1.807) is 0 Å². The first-order valence-corrected chi connectivity index (χ1v) is 7.43.